The predicted octanol–water partition coefficient (Wildman–Crippen LogP) is 11.0. The Morgan fingerprint density at radius 1 is 0.384 bits per heavy atom. The zero-order chi connectivity index (χ0) is 102. The van der Waals surface area contributed by atoms with E-state index in [1.54, 1.807) is 47.6 Å². The van der Waals surface area contributed by atoms with Gasteiger partial charge in [-0.1, -0.05) is 144 Å². The molecule has 0 bridgehead atoms. The summed E-state index contributed by atoms with van der Waals surface area (Å²) in [5, 5.41) is 68.1. The van der Waals surface area contributed by atoms with Gasteiger partial charge in [-0.2, -0.15) is 26.3 Å². The molecule has 2 aliphatic carbocycles. The standard InChI is InChI=1S/C22H22N6O2.C22H28N6O.C22H27N5O2.C21H20N6O2.C21H25N5O3/c23-13-17(22(29)30-14-15-4-3-5-16(24)12-15)20-21(28-10-8-25-9-11-28)27-19-7-2-1-6-18(19)26-20;23-14-17(22(29)25-15-16-6-2-1-3-7-16)20-21(28-12-10-24-11-13-28)27-19-9-5-4-8-18(19)26-20;23-14-17(22(28)29-15-16-6-2-1-3-7-16)20-21(27-12-10-24-11-13-27)26-19-9-5-4-8-18(19)25-20;22-12-16(21(28)29-14-15-4-3-7-24-13-15)19-20(27-10-8-23-9-11-27)26-18-6-2-1-5-17(18)25-19;1-3-14(4-2)13-29-21(28)15(11-22)19-20(26-10-9-23-18(27)12-26)25-17-8-6-5-7-16(17)24-19/h1-7,12,17,25H,8-11,14,24H2;4-5,8-9,16-17,24H,1-3,6-7,10-13,15H2,(H,25,29);4-5,8-9,16-17,24H,1-3,6-7,10-13,15H2;1-7,13,16,23H,8-11,14H2;5-8,14-15H,3-4,9-10,12-13H2,1-2H3,(H,23,27). The highest BCUT2D eigenvalue weighted by molar-refractivity contribution is 5.92. The number of piperazine rings is 5. The van der Waals surface area contributed by atoms with Gasteiger partial charge in [-0.25, -0.2) is 49.8 Å². The number of hydrogen-bond acceptors (Lipinski definition) is 36. The Morgan fingerprint density at radius 2 is 0.705 bits per heavy atom. The summed E-state index contributed by atoms with van der Waals surface area (Å²) in [5.74, 6) is -4.46. The summed E-state index contributed by atoms with van der Waals surface area (Å²) < 4.78 is 21.8. The van der Waals surface area contributed by atoms with Gasteiger partial charge < -0.3 is 81.1 Å². The molecular weight excluding hydrogens is 1850 g/mol. The van der Waals surface area contributed by atoms with Gasteiger partial charge in [-0.05, 0) is 128 Å². The van der Waals surface area contributed by atoms with Gasteiger partial charge in [-0.3, -0.25) is 33.8 Å². The van der Waals surface area contributed by atoms with E-state index in [1.807, 2.05) is 147 Å². The third-order valence-electron chi connectivity index (χ3n) is 26.6. The van der Waals surface area contributed by atoms with E-state index in [1.165, 1.54) is 38.5 Å². The van der Waals surface area contributed by atoms with Crippen LogP contribution in [0.1, 0.15) is 160 Å². The number of rotatable bonds is 27. The van der Waals surface area contributed by atoms with Crippen molar-refractivity contribution in [2.45, 2.75) is 134 Å². The van der Waals surface area contributed by atoms with Gasteiger partial charge in [-0.15, -0.1) is 0 Å². The third-order valence-corrected chi connectivity index (χ3v) is 26.6. The Kier molecular flexibility index (Phi) is 37.8. The van der Waals surface area contributed by atoms with Crippen molar-refractivity contribution in [1.29, 1.82) is 26.3 Å². The molecule has 8 N–H and O–H groups in total. The zero-order valence-electron chi connectivity index (χ0n) is 82.3. The van der Waals surface area contributed by atoms with Crippen molar-refractivity contribution in [2.24, 2.45) is 17.8 Å². The number of nitrogens with two attached hydrogens (primary N) is 1. The fraction of sp³-hybridized carbons (Fsp3) is 0.426. The van der Waals surface area contributed by atoms with Crippen LogP contribution in [0.5, 0.6) is 0 Å². The first-order chi connectivity index (χ1) is 71.5. The maximum Gasteiger partial charge on any atom is 0.330 e. The summed E-state index contributed by atoms with van der Waals surface area (Å²) >= 11 is 0. The summed E-state index contributed by atoms with van der Waals surface area (Å²) in [7, 11) is 0. The number of ether oxygens (including phenoxy) is 4. The van der Waals surface area contributed by atoms with Crippen molar-refractivity contribution in [3.05, 3.63) is 210 Å². The van der Waals surface area contributed by atoms with Gasteiger partial charge in [0.25, 0.3) is 0 Å². The average Bonchev–Trinajstić information content (AvgIpc) is 1.47. The van der Waals surface area contributed by atoms with Gasteiger partial charge in [0.2, 0.25) is 11.8 Å². The Bertz CT molecular complexity index is 6580. The largest absolute Gasteiger partial charge is 0.464 e. The molecule has 0 spiro atoms. The highest BCUT2D eigenvalue weighted by atomic mass is 16.5. The maximum atomic E-state index is 13.0. The lowest BCUT2D eigenvalue weighted by Gasteiger charge is -2.30. The Balaban J connectivity index is 0.000000137. The molecule has 11 heterocycles. The first-order valence-electron chi connectivity index (χ1n) is 50.3. The number of nitrogens with zero attached hydrogens (tertiary/aromatic N) is 21. The number of nitriles is 5. The lowest BCUT2D eigenvalue weighted by Crippen LogP contribution is -2.48. The number of carbonyl (C=O) groups is 6. The van der Waals surface area contributed by atoms with Crippen molar-refractivity contribution in [3.8, 4) is 30.3 Å². The molecule has 6 aromatic heterocycles. The molecule has 5 atom stereocenters. The number of nitrogen functional groups attached to an aromatic ring is 1. The van der Waals surface area contributed by atoms with Crippen molar-refractivity contribution in [1.82, 2.24) is 86.7 Å². The van der Waals surface area contributed by atoms with Gasteiger partial charge in [0.1, 0.15) is 41.7 Å². The summed E-state index contributed by atoms with van der Waals surface area (Å²) in [6.45, 7) is 19.1. The molecule has 19 rings (SSSR count). The SMILES string of the molecule is CCC(CC)COC(=O)C(C#N)c1nc2ccccc2nc1N1CCNC(=O)C1.N#CC(C(=O)NCC1CCCCC1)c1nc2ccccc2nc1N1CCNCC1.N#CC(C(=O)OCC1CCCCC1)c1nc2ccccc2nc1N1CCNCC1.N#CC(C(=O)OCc1cccc(N)c1)c1nc2ccccc2nc1N1CCNCC1.N#CC(C(=O)OCc1cccnc1)c1nc2ccccc2nc1N1CCNCC1. The molecule has 2 saturated carbocycles. The minimum atomic E-state index is -1.21. The van der Waals surface area contributed by atoms with E-state index in [4.69, 9.17) is 49.6 Å². The van der Waals surface area contributed by atoms with E-state index >= 15 is 0 Å². The molecule has 6 aromatic carbocycles. The molecule has 7 fully saturated rings. The first-order valence-corrected chi connectivity index (χ1v) is 50.3. The van der Waals surface area contributed by atoms with Crippen LogP contribution in [0.3, 0.4) is 0 Å². The molecule has 0 radical (unpaired) electrons. The Labute approximate surface area is 847 Å². The quantitative estimate of drug-likeness (QED) is 0.0143. The van der Waals surface area contributed by atoms with Crippen LogP contribution in [0.4, 0.5) is 34.8 Å². The number of hydrogen-bond donors (Lipinski definition) is 7. The molecule has 5 unspecified atom stereocenters. The number of carbonyl (C=O) groups excluding carboxylic acids is 6. The molecular formula is C108H122N28O10. The van der Waals surface area contributed by atoms with Crippen molar-refractivity contribution >= 4 is 126 Å². The number of benzene rings is 6. The van der Waals surface area contributed by atoms with Crippen LogP contribution in [0.2, 0.25) is 0 Å². The zero-order valence-corrected chi connectivity index (χ0v) is 82.3. The number of pyridine rings is 1. The van der Waals surface area contributed by atoms with E-state index in [0.29, 0.717) is 129 Å². The van der Waals surface area contributed by atoms with E-state index in [-0.39, 0.29) is 49.8 Å². The van der Waals surface area contributed by atoms with Gasteiger partial charge >= 0.3 is 23.9 Å². The molecule has 754 valence electrons. The smallest absolute Gasteiger partial charge is 0.330 e. The number of nitrogens with one attached hydrogen (secondary N) is 6. The molecule has 2 amide bonds. The summed E-state index contributed by atoms with van der Waals surface area (Å²) in [4.78, 5) is 137. The monoisotopic (exact) mass is 1970 g/mol. The van der Waals surface area contributed by atoms with Crippen molar-refractivity contribution in [2.75, 3.05) is 174 Å². The fourth-order valence-electron chi connectivity index (χ4n) is 18.5. The second kappa shape index (κ2) is 52.9. The summed E-state index contributed by atoms with van der Waals surface area (Å²) in [6.07, 6.45) is 16.9. The number of amides is 2. The molecule has 38 nitrogen and oxygen atoms in total. The highest BCUT2D eigenvalue weighted by Gasteiger charge is 2.38. The minimum Gasteiger partial charge on any atom is -0.464 e. The highest BCUT2D eigenvalue weighted by Crippen LogP contribution is 2.37. The van der Waals surface area contributed by atoms with Crippen LogP contribution in [-0.2, 0) is 60.9 Å². The Hall–Kier alpha value is -15.9. The lowest BCUT2D eigenvalue weighted by molar-refractivity contribution is -0.146. The van der Waals surface area contributed by atoms with Crippen LogP contribution in [-0.4, -0.2) is 235 Å². The number of aromatic nitrogens is 11. The van der Waals surface area contributed by atoms with Crippen LogP contribution in [0.15, 0.2) is 170 Å². The molecule has 5 saturated heterocycles. The van der Waals surface area contributed by atoms with Crippen molar-refractivity contribution < 1.29 is 47.7 Å². The molecule has 5 aliphatic heterocycles. The lowest BCUT2D eigenvalue weighted by atomic mass is 9.89. The minimum absolute atomic E-state index is 0.0338. The number of anilines is 6. The van der Waals surface area contributed by atoms with Crippen molar-refractivity contribution in [3.63, 3.8) is 0 Å². The van der Waals surface area contributed by atoms with Gasteiger partial charge in [0.05, 0.1) is 105 Å². The van der Waals surface area contributed by atoms with Crippen LogP contribution in [0, 0.1) is 74.4 Å². The van der Waals surface area contributed by atoms with E-state index in [2.05, 4.69) is 106 Å². The topological polar surface area (TPSA) is 514 Å². The molecule has 38 heteroatoms. The van der Waals surface area contributed by atoms with Crippen LogP contribution >= 0.6 is 0 Å². The number of fused-ring (bicyclic) bond motifs is 5. The fourth-order valence-corrected chi connectivity index (χ4v) is 18.5. The molecule has 12 aromatic rings. The molecule has 146 heavy (non-hydrogen) atoms. The maximum absolute atomic E-state index is 13.0. The summed E-state index contributed by atoms with van der Waals surface area (Å²) in [5.41, 5.74) is 16.5. The van der Waals surface area contributed by atoms with Crippen LogP contribution < -0.4 is 62.1 Å². The predicted molar refractivity (Wildman–Crippen MR) is 552 cm³/mol. The van der Waals surface area contributed by atoms with Gasteiger partial charge in [0, 0.05) is 148 Å². The second-order valence-corrected chi connectivity index (χ2v) is 36.7. The summed E-state index contributed by atoms with van der Waals surface area (Å²) in [6, 6.07) is 58.5. The third kappa shape index (κ3) is 27.5. The number of para-hydroxylation sites is 10. The molecule has 7 aliphatic rings. The van der Waals surface area contributed by atoms with Crippen LogP contribution in [0.25, 0.3) is 55.2 Å². The van der Waals surface area contributed by atoms with Gasteiger partial charge in [0.15, 0.2) is 58.7 Å². The first kappa shape index (κ1) is 104. The average molecular weight is 1970 g/mol. The van der Waals surface area contributed by atoms with E-state index < -0.39 is 53.5 Å². The van der Waals surface area contributed by atoms with E-state index in [9.17, 15) is 55.1 Å². The van der Waals surface area contributed by atoms with E-state index in [0.717, 1.165) is 176 Å². The second-order valence-electron chi connectivity index (χ2n) is 36.7. The number of esters is 4. The normalized spacial score (nSPS) is 16.5. The Morgan fingerprint density at radius 3 is 1.05 bits per heavy atom.